The SMILES string of the molecule is CCCCCC(=O)Nc1sc(CC)cc1C(=O)O. The van der Waals surface area contributed by atoms with Gasteiger partial charge in [-0.2, -0.15) is 0 Å². The second-order valence-electron chi connectivity index (χ2n) is 4.12. The molecule has 0 aliphatic carbocycles. The van der Waals surface area contributed by atoms with Crippen molar-refractivity contribution in [2.24, 2.45) is 0 Å². The molecule has 0 bridgehead atoms. The second kappa shape index (κ2) is 7.16. The molecule has 1 aromatic heterocycles. The van der Waals surface area contributed by atoms with Crippen LogP contribution in [0.1, 0.15) is 54.8 Å². The highest BCUT2D eigenvalue weighted by Crippen LogP contribution is 2.28. The number of carbonyl (C=O) groups is 2. The predicted molar refractivity (Wildman–Crippen MR) is 73.4 cm³/mol. The van der Waals surface area contributed by atoms with E-state index >= 15 is 0 Å². The quantitative estimate of drug-likeness (QED) is 0.744. The van der Waals surface area contributed by atoms with Crippen molar-refractivity contribution in [3.8, 4) is 0 Å². The average molecular weight is 269 g/mol. The van der Waals surface area contributed by atoms with Gasteiger partial charge in [-0.05, 0) is 18.9 Å². The lowest BCUT2D eigenvalue weighted by Gasteiger charge is -2.03. The van der Waals surface area contributed by atoms with Gasteiger partial charge in [0.2, 0.25) is 5.91 Å². The second-order valence-corrected chi connectivity index (χ2v) is 5.26. The Morgan fingerprint density at radius 2 is 2.06 bits per heavy atom. The third-order valence-corrected chi connectivity index (χ3v) is 3.82. The Morgan fingerprint density at radius 3 is 2.61 bits per heavy atom. The highest BCUT2D eigenvalue weighted by atomic mass is 32.1. The molecule has 0 unspecified atom stereocenters. The zero-order chi connectivity index (χ0) is 13.5. The summed E-state index contributed by atoms with van der Waals surface area (Å²) in [5, 5.41) is 12.2. The van der Waals surface area contributed by atoms with Gasteiger partial charge >= 0.3 is 5.97 Å². The lowest BCUT2D eigenvalue weighted by atomic mass is 10.2. The zero-order valence-corrected chi connectivity index (χ0v) is 11.6. The number of hydrogen-bond acceptors (Lipinski definition) is 3. The monoisotopic (exact) mass is 269 g/mol. The number of aryl methyl sites for hydroxylation is 1. The fourth-order valence-corrected chi connectivity index (χ4v) is 2.60. The minimum absolute atomic E-state index is 0.101. The summed E-state index contributed by atoms with van der Waals surface area (Å²) in [7, 11) is 0. The molecule has 5 heteroatoms. The topological polar surface area (TPSA) is 66.4 Å². The van der Waals surface area contributed by atoms with Crippen LogP contribution >= 0.6 is 11.3 Å². The summed E-state index contributed by atoms with van der Waals surface area (Å²) in [6.07, 6.45) is 4.15. The van der Waals surface area contributed by atoms with E-state index < -0.39 is 5.97 Å². The number of nitrogens with one attached hydrogen (secondary N) is 1. The van der Waals surface area contributed by atoms with Crippen LogP contribution in [0, 0.1) is 0 Å². The van der Waals surface area contributed by atoms with E-state index in [-0.39, 0.29) is 11.5 Å². The van der Waals surface area contributed by atoms with Crippen molar-refractivity contribution in [2.75, 3.05) is 5.32 Å². The normalized spacial score (nSPS) is 10.3. The molecule has 0 saturated carbocycles. The highest BCUT2D eigenvalue weighted by molar-refractivity contribution is 7.16. The molecule has 4 nitrogen and oxygen atoms in total. The number of carboxylic acid groups (broad SMARTS) is 1. The number of carboxylic acids is 1. The lowest BCUT2D eigenvalue weighted by Crippen LogP contribution is -2.12. The van der Waals surface area contributed by atoms with Crippen molar-refractivity contribution >= 4 is 28.2 Å². The zero-order valence-electron chi connectivity index (χ0n) is 10.8. The molecule has 0 atom stereocenters. The van der Waals surface area contributed by atoms with E-state index in [4.69, 9.17) is 5.11 Å². The third kappa shape index (κ3) is 4.14. The van der Waals surface area contributed by atoms with Crippen LogP contribution in [0.15, 0.2) is 6.07 Å². The molecule has 0 spiro atoms. The lowest BCUT2D eigenvalue weighted by molar-refractivity contribution is -0.116. The Hall–Kier alpha value is -1.36. The van der Waals surface area contributed by atoms with Crippen molar-refractivity contribution in [1.29, 1.82) is 0 Å². The first kappa shape index (κ1) is 14.7. The maximum Gasteiger partial charge on any atom is 0.338 e. The molecule has 0 aliphatic heterocycles. The van der Waals surface area contributed by atoms with Crippen LogP contribution in [0.2, 0.25) is 0 Å². The number of carbonyl (C=O) groups excluding carboxylic acids is 1. The highest BCUT2D eigenvalue weighted by Gasteiger charge is 2.16. The first-order chi connectivity index (χ1) is 8.58. The van der Waals surface area contributed by atoms with Gasteiger partial charge in [-0.3, -0.25) is 4.79 Å². The molecule has 0 fully saturated rings. The minimum Gasteiger partial charge on any atom is -0.478 e. The number of amides is 1. The number of aromatic carboxylic acids is 1. The van der Waals surface area contributed by atoms with Gasteiger partial charge in [-0.25, -0.2) is 4.79 Å². The van der Waals surface area contributed by atoms with Crippen LogP contribution in [0.25, 0.3) is 0 Å². The van der Waals surface area contributed by atoms with Crippen molar-refractivity contribution < 1.29 is 14.7 Å². The first-order valence-electron chi connectivity index (χ1n) is 6.24. The van der Waals surface area contributed by atoms with Crippen molar-refractivity contribution in [3.63, 3.8) is 0 Å². The van der Waals surface area contributed by atoms with E-state index in [0.717, 1.165) is 30.6 Å². The maximum absolute atomic E-state index is 11.7. The molecule has 1 aromatic rings. The van der Waals surface area contributed by atoms with E-state index in [1.807, 2.05) is 6.92 Å². The Bertz CT molecular complexity index is 426. The van der Waals surface area contributed by atoms with Gasteiger partial charge in [0.15, 0.2) is 0 Å². The summed E-state index contributed by atoms with van der Waals surface area (Å²) in [6, 6.07) is 1.63. The van der Waals surface area contributed by atoms with Crippen LogP contribution < -0.4 is 5.32 Å². The third-order valence-electron chi connectivity index (χ3n) is 2.62. The molecule has 0 aromatic carbocycles. The standard InChI is InChI=1S/C13H19NO3S/c1-3-5-6-7-11(15)14-12-10(13(16)17)8-9(4-2)18-12/h8H,3-7H2,1-2H3,(H,14,15)(H,16,17). The molecule has 2 N–H and O–H groups in total. The number of thiophene rings is 1. The average Bonchev–Trinajstić information content (AvgIpc) is 2.72. The van der Waals surface area contributed by atoms with Gasteiger partial charge in [0.25, 0.3) is 0 Å². The van der Waals surface area contributed by atoms with Crippen LogP contribution in [0.5, 0.6) is 0 Å². The number of rotatable bonds is 7. The predicted octanol–water partition coefficient (Wildman–Crippen LogP) is 3.53. The van der Waals surface area contributed by atoms with E-state index in [1.54, 1.807) is 6.07 Å². The van der Waals surface area contributed by atoms with Gasteiger partial charge in [0.05, 0.1) is 5.56 Å². The molecule has 0 aliphatic rings. The molecule has 1 rings (SSSR count). The Labute approximate surface area is 111 Å². The summed E-state index contributed by atoms with van der Waals surface area (Å²) in [5.41, 5.74) is 0.195. The molecule has 0 radical (unpaired) electrons. The smallest absolute Gasteiger partial charge is 0.338 e. The van der Waals surface area contributed by atoms with Gasteiger partial charge in [-0.15, -0.1) is 11.3 Å². The summed E-state index contributed by atoms with van der Waals surface area (Å²) in [5.74, 6) is -1.09. The number of hydrogen-bond donors (Lipinski definition) is 2. The van der Waals surface area contributed by atoms with E-state index in [0.29, 0.717) is 11.4 Å². The molecule has 18 heavy (non-hydrogen) atoms. The summed E-state index contributed by atoms with van der Waals surface area (Å²) >= 11 is 1.34. The van der Waals surface area contributed by atoms with Gasteiger partial charge in [0, 0.05) is 11.3 Å². The Balaban J connectivity index is 2.67. The van der Waals surface area contributed by atoms with Crippen molar-refractivity contribution in [1.82, 2.24) is 0 Å². The van der Waals surface area contributed by atoms with E-state index in [9.17, 15) is 9.59 Å². The van der Waals surface area contributed by atoms with Crippen LogP contribution in [0.4, 0.5) is 5.00 Å². The van der Waals surface area contributed by atoms with Crippen molar-refractivity contribution in [2.45, 2.75) is 46.0 Å². The van der Waals surface area contributed by atoms with Crippen LogP contribution in [-0.2, 0) is 11.2 Å². The molecule has 1 amide bonds. The molecule has 0 saturated heterocycles. The summed E-state index contributed by atoms with van der Waals surface area (Å²) in [6.45, 7) is 4.04. The first-order valence-corrected chi connectivity index (χ1v) is 7.06. The maximum atomic E-state index is 11.7. The molecule has 100 valence electrons. The molecule has 1 heterocycles. The van der Waals surface area contributed by atoms with E-state index in [1.165, 1.54) is 11.3 Å². The van der Waals surface area contributed by atoms with Gasteiger partial charge < -0.3 is 10.4 Å². The largest absolute Gasteiger partial charge is 0.478 e. The molecular weight excluding hydrogens is 250 g/mol. The fourth-order valence-electron chi connectivity index (χ4n) is 1.59. The van der Waals surface area contributed by atoms with Crippen molar-refractivity contribution in [3.05, 3.63) is 16.5 Å². The van der Waals surface area contributed by atoms with Gasteiger partial charge in [0.1, 0.15) is 5.00 Å². The van der Waals surface area contributed by atoms with Crippen LogP contribution in [-0.4, -0.2) is 17.0 Å². The fraction of sp³-hybridized carbons (Fsp3) is 0.538. The number of anilines is 1. The summed E-state index contributed by atoms with van der Waals surface area (Å²) in [4.78, 5) is 23.7. The van der Waals surface area contributed by atoms with Crippen LogP contribution in [0.3, 0.4) is 0 Å². The minimum atomic E-state index is -0.991. The summed E-state index contributed by atoms with van der Waals surface area (Å²) < 4.78 is 0. The molecular formula is C13H19NO3S. The van der Waals surface area contributed by atoms with E-state index in [2.05, 4.69) is 12.2 Å². The van der Waals surface area contributed by atoms with Gasteiger partial charge in [-0.1, -0.05) is 26.7 Å². The number of unbranched alkanes of at least 4 members (excludes halogenated alkanes) is 2. The Morgan fingerprint density at radius 1 is 1.33 bits per heavy atom. The Kier molecular flexibility index (Phi) is 5.85.